The quantitative estimate of drug-likeness (QED) is 0.715. The summed E-state index contributed by atoms with van der Waals surface area (Å²) in [7, 11) is 2.07. The van der Waals surface area contributed by atoms with Crippen molar-refractivity contribution in [1.82, 2.24) is 9.80 Å². The summed E-state index contributed by atoms with van der Waals surface area (Å²) in [5.74, 6) is -3.06. The second-order valence-electron chi connectivity index (χ2n) is 6.15. The van der Waals surface area contributed by atoms with Gasteiger partial charge in [-0.3, -0.25) is 4.79 Å². The van der Waals surface area contributed by atoms with Crippen LogP contribution in [0.3, 0.4) is 0 Å². The summed E-state index contributed by atoms with van der Waals surface area (Å²) in [5, 5.41) is 0. The molecule has 0 aromatic heterocycles. The molecule has 18 heavy (non-hydrogen) atoms. The number of rotatable bonds is 1. The van der Waals surface area contributed by atoms with E-state index in [1.54, 1.807) is 0 Å². The summed E-state index contributed by atoms with van der Waals surface area (Å²) in [6.45, 7) is 1.79. The first-order valence-corrected chi connectivity index (χ1v) is 6.85. The molecule has 2 bridgehead atoms. The summed E-state index contributed by atoms with van der Waals surface area (Å²) in [5.41, 5.74) is 0. The summed E-state index contributed by atoms with van der Waals surface area (Å²) in [4.78, 5) is 16.6. The van der Waals surface area contributed by atoms with Crippen LogP contribution in [0.15, 0.2) is 0 Å². The molecular weight excluding hydrogens is 238 g/mol. The molecule has 3 aliphatic rings. The van der Waals surface area contributed by atoms with Gasteiger partial charge in [0.05, 0.1) is 0 Å². The fraction of sp³-hybridized carbons (Fsp3) is 0.923. The molecule has 3 fully saturated rings. The van der Waals surface area contributed by atoms with Gasteiger partial charge in [-0.2, -0.15) is 0 Å². The van der Waals surface area contributed by atoms with Crippen molar-refractivity contribution in [2.24, 2.45) is 5.92 Å². The van der Waals surface area contributed by atoms with Crippen molar-refractivity contribution >= 4 is 5.91 Å². The second-order valence-corrected chi connectivity index (χ2v) is 6.15. The van der Waals surface area contributed by atoms with Crippen molar-refractivity contribution in [1.29, 1.82) is 0 Å². The van der Waals surface area contributed by atoms with Gasteiger partial charge in [-0.25, -0.2) is 8.78 Å². The molecule has 0 spiro atoms. The number of halogens is 2. The van der Waals surface area contributed by atoms with Crippen LogP contribution in [0.25, 0.3) is 0 Å². The van der Waals surface area contributed by atoms with E-state index in [2.05, 4.69) is 11.9 Å². The van der Waals surface area contributed by atoms with Gasteiger partial charge in [0.2, 0.25) is 11.8 Å². The Morgan fingerprint density at radius 2 is 1.78 bits per heavy atom. The molecule has 3 rings (SSSR count). The molecule has 0 aromatic rings. The lowest BCUT2D eigenvalue weighted by atomic mass is 10.0. The van der Waals surface area contributed by atoms with Gasteiger partial charge in [-0.1, -0.05) is 0 Å². The predicted molar refractivity (Wildman–Crippen MR) is 63.4 cm³/mol. The Kier molecular flexibility index (Phi) is 2.84. The maximum Gasteiger partial charge on any atom is 0.248 e. The Balaban J connectivity index is 1.71. The Bertz CT molecular complexity index is 347. The zero-order chi connectivity index (χ0) is 12.9. The molecule has 1 saturated carbocycles. The standard InChI is InChI=1S/C13H20F2N2O/c1-16-7-10-2-3-11(8-16)17(10)12(18)9-4-5-13(14,15)6-9/h9-11H,2-8H2,1H3. The minimum absolute atomic E-state index is 0.00669. The minimum Gasteiger partial charge on any atom is -0.334 e. The van der Waals surface area contributed by atoms with Crippen molar-refractivity contribution in [2.75, 3.05) is 20.1 Å². The van der Waals surface area contributed by atoms with Crippen LogP contribution in [0.1, 0.15) is 32.1 Å². The number of carbonyl (C=O) groups is 1. The summed E-state index contributed by atoms with van der Waals surface area (Å²) in [6, 6.07) is 0.519. The molecule has 1 aliphatic carbocycles. The Morgan fingerprint density at radius 1 is 1.17 bits per heavy atom. The number of hydrogen-bond acceptors (Lipinski definition) is 2. The highest BCUT2D eigenvalue weighted by Crippen LogP contribution is 2.41. The van der Waals surface area contributed by atoms with E-state index in [9.17, 15) is 13.6 Å². The van der Waals surface area contributed by atoms with Gasteiger partial charge in [0.1, 0.15) is 0 Å². The maximum atomic E-state index is 13.2. The molecule has 3 nitrogen and oxygen atoms in total. The van der Waals surface area contributed by atoms with Crippen molar-refractivity contribution in [3.8, 4) is 0 Å². The monoisotopic (exact) mass is 258 g/mol. The topological polar surface area (TPSA) is 23.6 Å². The molecule has 3 unspecified atom stereocenters. The van der Waals surface area contributed by atoms with Crippen LogP contribution in [-0.4, -0.2) is 53.9 Å². The maximum absolute atomic E-state index is 13.2. The smallest absolute Gasteiger partial charge is 0.248 e. The summed E-state index contributed by atoms with van der Waals surface area (Å²) < 4.78 is 26.4. The first kappa shape index (κ1) is 12.3. The van der Waals surface area contributed by atoms with E-state index in [4.69, 9.17) is 0 Å². The zero-order valence-corrected chi connectivity index (χ0v) is 10.7. The molecule has 0 aromatic carbocycles. The molecule has 1 amide bonds. The van der Waals surface area contributed by atoms with Crippen molar-refractivity contribution in [3.63, 3.8) is 0 Å². The highest BCUT2D eigenvalue weighted by molar-refractivity contribution is 5.80. The van der Waals surface area contributed by atoms with E-state index in [1.165, 1.54) is 0 Å². The lowest BCUT2D eigenvalue weighted by Gasteiger charge is -2.40. The van der Waals surface area contributed by atoms with Crippen LogP contribution in [-0.2, 0) is 4.79 Å². The van der Waals surface area contributed by atoms with Crippen LogP contribution < -0.4 is 0 Å². The number of nitrogens with zero attached hydrogens (tertiary/aromatic N) is 2. The fourth-order valence-electron chi connectivity index (χ4n) is 3.85. The van der Waals surface area contributed by atoms with E-state index in [1.807, 2.05) is 4.90 Å². The average molecular weight is 258 g/mol. The van der Waals surface area contributed by atoms with Crippen molar-refractivity contribution < 1.29 is 13.6 Å². The Morgan fingerprint density at radius 3 is 2.28 bits per heavy atom. The predicted octanol–water partition coefficient (Wildman–Crippen LogP) is 1.73. The molecule has 0 radical (unpaired) electrons. The lowest BCUT2D eigenvalue weighted by molar-refractivity contribution is -0.141. The van der Waals surface area contributed by atoms with E-state index < -0.39 is 11.8 Å². The van der Waals surface area contributed by atoms with Gasteiger partial charge in [0.15, 0.2) is 0 Å². The largest absolute Gasteiger partial charge is 0.334 e. The summed E-state index contributed by atoms with van der Waals surface area (Å²) >= 11 is 0. The van der Waals surface area contributed by atoms with Crippen molar-refractivity contribution in [2.45, 2.75) is 50.1 Å². The van der Waals surface area contributed by atoms with Gasteiger partial charge in [-0.15, -0.1) is 0 Å². The molecule has 3 atom stereocenters. The van der Waals surface area contributed by atoms with E-state index in [-0.39, 0.29) is 30.8 Å². The number of likely N-dealkylation sites (N-methyl/N-ethyl adjacent to an activating group) is 1. The van der Waals surface area contributed by atoms with Crippen LogP contribution in [0.5, 0.6) is 0 Å². The molecule has 102 valence electrons. The highest BCUT2D eigenvalue weighted by atomic mass is 19.3. The molecule has 2 aliphatic heterocycles. The molecule has 2 saturated heterocycles. The molecule has 2 heterocycles. The second kappa shape index (κ2) is 4.15. The van der Waals surface area contributed by atoms with E-state index >= 15 is 0 Å². The number of alkyl halides is 2. The molecule has 0 N–H and O–H groups in total. The fourth-order valence-corrected chi connectivity index (χ4v) is 3.85. The number of fused-ring (bicyclic) bond motifs is 2. The van der Waals surface area contributed by atoms with Crippen LogP contribution in [0, 0.1) is 5.92 Å². The van der Waals surface area contributed by atoms with E-state index in [0.717, 1.165) is 25.9 Å². The normalized spacial score (nSPS) is 39.3. The first-order valence-electron chi connectivity index (χ1n) is 6.85. The SMILES string of the molecule is CN1CC2CCC(C1)N2C(=O)C1CCC(F)(F)C1. The minimum atomic E-state index is -2.62. The van der Waals surface area contributed by atoms with E-state index in [0.29, 0.717) is 6.42 Å². The average Bonchev–Trinajstić information content (AvgIpc) is 2.77. The molecular formula is C13H20F2N2O. The third kappa shape index (κ3) is 2.02. The first-order chi connectivity index (χ1) is 8.46. The number of hydrogen-bond donors (Lipinski definition) is 0. The van der Waals surface area contributed by atoms with Gasteiger partial charge in [0, 0.05) is 43.9 Å². The van der Waals surface area contributed by atoms with Gasteiger partial charge >= 0.3 is 0 Å². The lowest BCUT2D eigenvalue weighted by Crippen LogP contribution is -2.55. The third-order valence-corrected chi connectivity index (χ3v) is 4.67. The highest BCUT2D eigenvalue weighted by Gasteiger charge is 2.48. The Labute approximate surface area is 106 Å². The number of likely N-dealkylation sites (tertiary alicyclic amines) is 1. The van der Waals surface area contributed by atoms with Crippen LogP contribution >= 0.6 is 0 Å². The van der Waals surface area contributed by atoms with Crippen molar-refractivity contribution in [3.05, 3.63) is 0 Å². The van der Waals surface area contributed by atoms with Gasteiger partial charge in [0.25, 0.3) is 0 Å². The van der Waals surface area contributed by atoms with Crippen LogP contribution in [0.2, 0.25) is 0 Å². The number of carbonyl (C=O) groups excluding carboxylic acids is 1. The van der Waals surface area contributed by atoms with Gasteiger partial charge in [-0.05, 0) is 26.3 Å². The van der Waals surface area contributed by atoms with Crippen LogP contribution in [0.4, 0.5) is 8.78 Å². The van der Waals surface area contributed by atoms with Gasteiger partial charge < -0.3 is 9.80 Å². The Hall–Kier alpha value is -0.710. The molecule has 5 heteroatoms. The zero-order valence-electron chi connectivity index (χ0n) is 10.7. The number of amides is 1. The third-order valence-electron chi connectivity index (χ3n) is 4.67. The summed E-state index contributed by atoms with van der Waals surface area (Å²) in [6.07, 6.45) is 2.06. The number of piperazine rings is 1.